The van der Waals surface area contributed by atoms with Gasteiger partial charge in [0, 0.05) is 46.3 Å². The molecule has 156 valence electrons. The minimum absolute atomic E-state index is 0.520. The molecule has 7 nitrogen and oxygen atoms in total. The number of hydrogen-bond donors (Lipinski definition) is 1. The molecule has 1 unspecified atom stereocenters. The van der Waals surface area contributed by atoms with Crippen LogP contribution in [0.15, 0.2) is 4.99 Å². The average Bonchev–Trinajstić information content (AvgIpc) is 3.11. The van der Waals surface area contributed by atoms with Gasteiger partial charge in [0.15, 0.2) is 5.96 Å². The van der Waals surface area contributed by atoms with Crippen LogP contribution in [0.1, 0.15) is 38.5 Å². The maximum Gasteiger partial charge on any atom is 0.211 e. The second-order valence-corrected chi connectivity index (χ2v) is 10.5. The van der Waals surface area contributed by atoms with Gasteiger partial charge >= 0.3 is 0 Å². The van der Waals surface area contributed by atoms with Gasteiger partial charge < -0.3 is 15.1 Å². The Balaban J connectivity index is 1.39. The lowest BCUT2D eigenvalue weighted by molar-refractivity contribution is 0.198. The van der Waals surface area contributed by atoms with E-state index < -0.39 is 10.0 Å². The van der Waals surface area contributed by atoms with Crippen molar-refractivity contribution in [2.24, 2.45) is 16.8 Å². The Bertz CT molecular complexity index is 595. The van der Waals surface area contributed by atoms with Gasteiger partial charge in [0.2, 0.25) is 10.0 Å². The zero-order valence-corrected chi connectivity index (χ0v) is 17.9. The molecule has 3 fully saturated rings. The van der Waals surface area contributed by atoms with Gasteiger partial charge in [0.1, 0.15) is 0 Å². The predicted octanol–water partition coefficient (Wildman–Crippen LogP) is 1.04. The van der Waals surface area contributed by atoms with Crippen molar-refractivity contribution in [2.45, 2.75) is 38.5 Å². The summed E-state index contributed by atoms with van der Waals surface area (Å²) in [4.78, 5) is 9.55. The lowest BCUT2D eigenvalue weighted by atomic mass is 9.98. The topological polar surface area (TPSA) is 68.2 Å². The molecule has 0 spiro atoms. The second-order valence-electron chi connectivity index (χ2n) is 8.50. The molecule has 3 rings (SSSR count). The van der Waals surface area contributed by atoms with E-state index in [0.29, 0.717) is 19.0 Å². The van der Waals surface area contributed by atoms with E-state index in [9.17, 15) is 8.42 Å². The number of likely N-dealkylation sites (tertiary alicyclic amines) is 2. The summed E-state index contributed by atoms with van der Waals surface area (Å²) in [5.74, 6) is 2.29. The molecule has 0 amide bonds. The molecule has 1 N–H and O–H groups in total. The van der Waals surface area contributed by atoms with E-state index in [2.05, 4.69) is 20.1 Å². The molecule has 0 aromatic rings. The van der Waals surface area contributed by atoms with Crippen molar-refractivity contribution in [1.82, 2.24) is 19.4 Å². The van der Waals surface area contributed by atoms with Crippen LogP contribution in [0.2, 0.25) is 0 Å². The summed E-state index contributed by atoms with van der Waals surface area (Å²) in [6.45, 7) is 8.14. The molecule has 27 heavy (non-hydrogen) atoms. The van der Waals surface area contributed by atoms with E-state index in [0.717, 1.165) is 44.4 Å². The highest BCUT2D eigenvalue weighted by atomic mass is 32.2. The molecule has 8 heteroatoms. The van der Waals surface area contributed by atoms with Crippen LogP contribution in [-0.2, 0) is 10.0 Å². The predicted molar refractivity (Wildman–Crippen MR) is 110 cm³/mol. The van der Waals surface area contributed by atoms with E-state index in [1.165, 1.54) is 51.6 Å². The van der Waals surface area contributed by atoms with Crippen molar-refractivity contribution in [3.63, 3.8) is 0 Å². The van der Waals surface area contributed by atoms with E-state index >= 15 is 0 Å². The molecule has 3 heterocycles. The van der Waals surface area contributed by atoms with Crippen LogP contribution in [0, 0.1) is 11.8 Å². The summed E-state index contributed by atoms with van der Waals surface area (Å²) in [5, 5.41) is 3.55. The molecule has 1 atom stereocenters. The Hall–Kier alpha value is -0.860. The Labute approximate surface area is 165 Å². The Morgan fingerprint density at radius 3 is 2.30 bits per heavy atom. The van der Waals surface area contributed by atoms with E-state index in [4.69, 9.17) is 0 Å². The number of rotatable bonds is 5. The van der Waals surface area contributed by atoms with E-state index in [1.807, 2.05) is 7.05 Å². The largest absolute Gasteiger partial charge is 0.356 e. The van der Waals surface area contributed by atoms with E-state index in [-0.39, 0.29) is 0 Å². The SMILES string of the molecule is CN=C(NCC1CCN(S(C)(=O)=O)CC1)N1CCC(CN2CCCCC2)C1. The number of piperidine rings is 2. The van der Waals surface area contributed by atoms with Gasteiger partial charge in [-0.25, -0.2) is 12.7 Å². The standard InChI is InChI=1S/C19H37N5O2S/c1-20-19(21-14-17-7-12-24(13-8-17)27(2,25)26)23-11-6-18(16-23)15-22-9-4-3-5-10-22/h17-18H,3-16H2,1-2H3,(H,20,21). The summed E-state index contributed by atoms with van der Waals surface area (Å²) in [5.41, 5.74) is 0. The molecule has 0 aliphatic carbocycles. The first-order valence-corrected chi connectivity index (χ1v) is 12.4. The van der Waals surface area contributed by atoms with Crippen LogP contribution in [0.25, 0.3) is 0 Å². The van der Waals surface area contributed by atoms with Gasteiger partial charge in [-0.3, -0.25) is 4.99 Å². The fourth-order valence-corrected chi connectivity index (χ4v) is 5.57. The highest BCUT2D eigenvalue weighted by Crippen LogP contribution is 2.21. The van der Waals surface area contributed by atoms with Crippen LogP contribution in [0.4, 0.5) is 0 Å². The molecular weight excluding hydrogens is 362 g/mol. The van der Waals surface area contributed by atoms with Crippen LogP contribution in [-0.4, -0.2) is 94.1 Å². The molecule has 3 aliphatic heterocycles. The number of hydrogen-bond acceptors (Lipinski definition) is 4. The van der Waals surface area contributed by atoms with E-state index in [1.54, 1.807) is 4.31 Å². The zero-order chi connectivity index (χ0) is 19.3. The molecule has 3 aliphatic rings. The lowest BCUT2D eigenvalue weighted by Gasteiger charge is -2.31. The first-order valence-electron chi connectivity index (χ1n) is 10.6. The smallest absolute Gasteiger partial charge is 0.211 e. The zero-order valence-electron chi connectivity index (χ0n) is 17.1. The van der Waals surface area contributed by atoms with Crippen LogP contribution >= 0.6 is 0 Å². The maximum absolute atomic E-state index is 11.6. The number of nitrogens with zero attached hydrogens (tertiary/aromatic N) is 4. The number of guanidine groups is 1. The van der Waals surface area contributed by atoms with Gasteiger partial charge in [-0.05, 0) is 57.0 Å². The van der Waals surface area contributed by atoms with Crippen LogP contribution in [0.5, 0.6) is 0 Å². The first kappa shape index (κ1) is 20.9. The monoisotopic (exact) mass is 399 g/mol. The van der Waals surface area contributed by atoms with Gasteiger partial charge in [-0.2, -0.15) is 0 Å². The number of aliphatic imine (C=N–C) groups is 1. The van der Waals surface area contributed by atoms with Crippen molar-refractivity contribution in [3.8, 4) is 0 Å². The fourth-order valence-electron chi connectivity index (χ4n) is 4.69. The summed E-state index contributed by atoms with van der Waals surface area (Å²) in [7, 11) is -1.17. The first-order chi connectivity index (χ1) is 13.0. The van der Waals surface area contributed by atoms with Crippen molar-refractivity contribution >= 4 is 16.0 Å². The molecule has 0 aromatic carbocycles. The third-order valence-electron chi connectivity index (χ3n) is 6.35. The fraction of sp³-hybridized carbons (Fsp3) is 0.947. The van der Waals surface area contributed by atoms with Crippen LogP contribution < -0.4 is 5.32 Å². The minimum Gasteiger partial charge on any atom is -0.356 e. The Morgan fingerprint density at radius 1 is 1.00 bits per heavy atom. The normalized spacial score (nSPS) is 27.3. The summed E-state index contributed by atoms with van der Waals surface area (Å²) in [6, 6.07) is 0. The summed E-state index contributed by atoms with van der Waals surface area (Å²) >= 11 is 0. The average molecular weight is 400 g/mol. The Morgan fingerprint density at radius 2 is 1.67 bits per heavy atom. The van der Waals surface area contributed by atoms with Crippen LogP contribution in [0.3, 0.4) is 0 Å². The maximum atomic E-state index is 11.6. The summed E-state index contributed by atoms with van der Waals surface area (Å²) < 4.78 is 24.9. The summed E-state index contributed by atoms with van der Waals surface area (Å²) in [6.07, 6.45) is 8.52. The van der Waals surface area contributed by atoms with Gasteiger partial charge in [-0.15, -0.1) is 0 Å². The van der Waals surface area contributed by atoms with Gasteiger partial charge in [-0.1, -0.05) is 6.42 Å². The molecule has 3 saturated heterocycles. The third-order valence-corrected chi connectivity index (χ3v) is 7.66. The van der Waals surface area contributed by atoms with Crippen molar-refractivity contribution < 1.29 is 8.42 Å². The molecule has 0 radical (unpaired) electrons. The van der Waals surface area contributed by atoms with Crippen molar-refractivity contribution in [1.29, 1.82) is 0 Å². The molecular formula is C19H37N5O2S. The second kappa shape index (κ2) is 9.56. The highest BCUT2D eigenvalue weighted by molar-refractivity contribution is 7.88. The highest BCUT2D eigenvalue weighted by Gasteiger charge is 2.28. The van der Waals surface area contributed by atoms with Gasteiger partial charge in [0.25, 0.3) is 0 Å². The van der Waals surface area contributed by atoms with Crippen molar-refractivity contribution in [2.75, 3.05) is 65.7 Å². The minimum atomic E-state index is -3.04. The lowest BCUT2D eigenvalue weighted by Crippen LogP contribution is -2.45. The quantitative estimate of drug-likeness (QED) is 0.553. The Kier molecular flexibility index (Phi) is 7.39. The van der Waals surface area contributed by atoms with Crippen molar-refractivity contribution in [3.05, 3.63) is 0 Å². The number of sulfonamides is 1. The molecule has 0 saturated carbocycles. The third kappa shape index (κ3) is 6.06. The molecule has 0 aromatic heterocycles. The van der Waals surface area contributed by atoms with Gasteiger partial charge in [0.05, 0.1) is 6.26 Å². The number of nitrogens with one attached hydrogen (secondary N) is 1. The molecule has 0 bridgehead atoms.